The van der Waals surface area contributed by atoms with Gasteiger partial charge in [0.05, 0.1) is 0 Å². The summed E-state index contributed by atoms with van der Waals surface area (Å²) in [6, 6.07) is 5.77. The van der Waals surface area contributed by atoms with E-state index in [-0.39, 0.29) is 5.91 Å². The summed E-state index contributed by atoms with van der Waals surface area (Å²) in [5.74, 6) is 0.0633. The highest BCUT2D eigenvalue weighted by atomic mass is 127. The molecule has 1 aromatic carbocycles. The lowest BCUT2D eigenvalue weighted by Gasteiger charge is -2.06. The van der Waals surface area contributed by atoms with Crippen LogP contribution in [0, 0.1) is 3.57 Å². The number of carbonyl (C=O) groups excluding carboxylic acids is 1. The fraction of sp³-hybridized carbons (Fsp3) is 0.364. The second-order valence-corrected chi connectivity index (χ2v) is 5.40. The molecule has 0 aliphatic carbocycles. The van der Waals surface area contributed by atoms with E-state index < -0.39 is 0 Å². The van der Waals surface area contributed by atoms with Crippen LogP contribution in [0.1, 0.15) is 12.8 Å². The molecule has 5 heteroatoms. The summed E-state index contributed by atoms with van der Waals surface area (Å²) in [5, 5.41) is 5.89. The van der Waals surface area contributed by atoms with Gasteiger partial charge in [0.25, 0.3) is 0 Å². The van der Waals surface area contributed by atoms with Crippen molar-refractivity contribution < 1.29 is 4.79 Å². The van der Waals surface area contributed by atoms with Crippen LogP contribution in [-0.2, 0) is 4.79 Å². The van der Waals surface area contributed by atoms with Crippen LogP contribution in [0.5, 0.6) is 0 Å². The van der Waals surface area contributed by atoms with Crippen LogP contribution in [0.25, 0.3) is 0 Å². The number of anilines is 1. The third-order valence-electron chi connectivity index (χ3n) is 2.03. The zero-order valence-corrected chi connectivity index (χ0v) is 12.8. The quantitative estimate of drug-likeness (QED) is 0.593. The number of hydrogen-bond acceptors (Lipinski definition) is 2. The van der Waals surface area contributed by atoms with Gasteiger partial charge in [0.2, 0.25) is 5.91 Å². The molecule has 0 bridgehead atoms. The molecule has 1 rings (SSSR count). The third-order valence-corrected chi connectivity index (χ3v) is 4.36. The molecule has 0 aliphatic heterocycles. The van der Waals surface area contributed by atoms with Gasteiger partial charge in [-0.05, 0) is 76.7 Å². The number of rotatable bonds is 5. The van der Waals surface area contributed by atoms with E-state index in [1.54, 1.807) is 0 Å². The van der Waals surface area contributed by atoms with Crippen LogP contribution in [0.4, 0.5) is 5.69 Å². The molecular weight excluding hydrogens is 383 g/mol. The van der Waals surface area contributed by atoms with Gasteiger partial charge >= 0.3 is 0 Å². The van der Waals surface area contributed by atoms with Gasteiger partial charge in [-0.3, -0.25) is 4.79 Å². The number of benzene rings is 1. The highest BCUT2D eigenvalue weighted by Crippen LogP contribution is 2.22. The summed E-state index contributed by atoms with van der Waals surface area (Å²) >= 11 is 5.64. The van der Waals surface area contributed by atoms with Gasteiger partial charge in [-0.1, -0.05) is 0 Å². The van der Waals surface area contributed by atoms with Crippen molar-refractivity contribution in [2.75, 3.05) is 18.9 Å². The van der Waals surface area contributed by atoms with Gasteiger partial charge in [-0.15, -0.1) is 0 Å². The Morgan fingerprint density at radius 3 is 2.88 bits per heavy atom. The Morgan fingerprint density at radius 1 is 1.50 bits per heavy atom. The minimum Gasteiger partial charge on any atom is -0.326 e. The first-order valence-corrected chi connectivity index (χ1v) is 6.90. The number of amides is 1. The molecule has 0 aliphatic rings. The second-order valence-electron chi connectivity index (χ2n) is 3.38. The monoisotopic (exact) mass is 396 g/mol. The molecule has 0 atom stereocenters. The number of halogens is 2. The van der Waals surface area contributed by atoms with E-state index in [1.807, 2.05) is 25.2 Å². The molecule has 2 N–H and O–H groups in total. The van der Waals surface area contributed by atoms with Crippen molar-refractivity contribution in [2.24, 2.45) is 0 Å². The zero-order valence-electron chi connectivity index (χ0n) is 9.02. The smallest absolute Gasteiger partial charge is 0.224 e. The molecule has 0 saturated heterocycles. The number of carbonyl (C=O) groups is 1. The van der Waals surface area contributed by atoms with E-state index in [0.717, 1.165) is 26.7 Å². The Bertz CT molecular complexity index is 371. The molecule has 1 amide bonds. The van der Waals surface area contributed by atoms with Crippen molar-refractivity contribution in [3.8, 4) is 0 Å². The Kier molecular flexibility index (Phi) is 6.30. The van der Waals surface area contributed by atoms with Gasteiger partial charge < -0.3 is 10.6 Å². The van der Waals surface area contributed by atoms with Gasteiger partial charge in [0, 0.05) is 20.2 Å². The van der Waals surface area contributed by atoms with Crippen LogP contribution in [0.3, 0.4) is 0 Å². The van der Waals surface area contributed by atoms with Crippen molar-refractivity contribution in [1.29, 1.82) is 0 Å². The predicted octanol–water partition coefficient (Wildman–Crippen LogP) is 2.99. The Labute approximate surface area is 118 Å². The summed E-state index contributed by atoms with van der Waals surface area (Å²) in [4.78, 5) is 11.5. The van der Waals surface area contributed by atoms with E-state index in [2.05, 4.69) is 49.2 Å². The van der Waals surface area contributed by atoms with E-state index in [1.165, 1.54) is 0 Å². The van der Waals surface area contributed by atoms with Crippen molar-refractivity contribution in [2.45, 2.75) is 12.8 Å². The van der Waals surface area contributed by atoms with Crippen LogP contribution in [0.2, 0.25) is 0 Å². The first kappa shape index (κ1) is 13.9. The second kappa shape index (κ2) is 7.24. The SMILES string of the molecule is CNCCCC(=O)Nc1ccc(Br)c(I)c1. The summed E-state index contributed by atoms with van der Waals surface area (Å²) < 4.78 is 2.13. The maximum absolute atomic E-state index is 11.5. The minimum absolute atomic E-state index is 0.0633. The molecule has 0 saturated carbocycles. The first-order valence-electron chi connectivity index (χ1n) is 5.03. The van der Waals surface area contributed by atoms with E-state index in [0.29, 0.717) is 6.42 Å². The Morgan fingerprint density at radius 2 is 2.25 bits per heavy atom. The van der Waals surface area contributed by atoms with Crippen molar-refractivity contribution >= 4 is 50.1 Å². The fourth-order valence-corrected chi connectivity index (χ4v) is 1.99. The zero-order chi connectivity index (χ0) is 12.0. The lowest BCUT2D eigenvalue weighted by Crippen LogP contribution is -2.15. The summed E-state index contributed by atoms with van der Waals surface area (Å²) in [7, 11) is 1.88. The van der Waals surface area contributed by atoms with Crippen molar-refractivity contribution in [3.63, 3.8) is 0 Å². The Balaban J connectivity index is 2.46. The fourth-order valence-electron chi connectivity index (χ4n) is 1.22. The van der Waals surface area contributed by atoms with Crippen LogP contribution in [0.15, 0.2) is 22.7 Å². The summed E-state index contributed by atoms with van der Waals surface area (Å²) in [6.07, 6.45) is 1.41. The normalized spacial score (nSPS) is 10.2. The molecule has 88 valence electrons. The molecule has 0 aromatic heterocycles. The molecule has 0 unspecified atom stereocenters. The Hall–Kier alpha value is -0.140. The standard InChI is InChI=1S/C11H14BrIN2O/c1-14-6-2-3-11(16)15-8-4-5-9(12)10(13)7-8/h4-5,7,14H,2-3,6H2,1H3,(H,15,16). The van der Waals surface area contributed by atoms with Gasteiger partial charge in [0.1, 0.15) is 0 Å². The highest BCUT2D eigenvalue weighted by molar-refractivity contribution is 14.1. The highest BCUT2D eigenvalue weighted by Gasteiger charge is 2.03. The maximum Gasteiger partial charge on any atom is 0.224 e. The predicted molar refractivity (Wildman–Crippen MR) is 78.6 cm³/mol. The van der Waals surface area contributed by atoms with Gasteiger partial charge in [-0.25, -0.2) is 0 Å². The summed E-state index contributed by atoms with van der Waals surface area (Å²) in [5.41, 5.74) is 0.849. The molecular formula is C11H14BrIN2O. The van der Waals surface area contributed by atoms with Crippen LogP contribution in [-0.4, -0.2) is 19.5 Å². The van der Waals surface area contributed by atoms with Gasteiger partial charge in [-0.2, -0.15) is 0 Å². The number of hydrogen-bond donors (Lipinski definition) is 2. The lowest BCUT2D eigenvalue weighted by atomic mass is 10.2. The average molecular weight is 397 g/mol. The minimum atomic E-state index is 0.0633. The largest absolute Gasteiger partial charge is 0.326 e. The first-order chi connectivity index (χ1) is 7.63. The van der Waals surface area contributed by atoms with Crippen LogP contribution >= 0.6 is 38.5 Å². The third kappa shape index (κ3) is 4.80. The lowest BCUT2D eigenvalue weighted by molar-refractivity contribution is -0.116. The van der Waals surface area contributed by atoms with Crippen molar-refractivity contribution in [3.05, 3.63) is 26.2 Å². The van der Waals surface area contributed by atoms with Crippen LogP contribution < -0.4 is 10.6 Å². The average Bonchev–Trinajstić information content (AvgIpc) is 2.24. The maximum atomic E-state index is 11.5. The molecule has 0 radical (unpaired) electrons. The molecule has 3 nitrogen and oxygen atoms in total. The molecule has 0 heterocycles. The van der Waals surface area contributed by atoms with E-state index in [4.69, 9.17) is 0 Å². The molecule has 1 aromatic rings. The molecule has 0 spiro atoms. The molecule has 0 fully saturated rings. The summed E-state index contributed by atoms with van der Waals surface area (Å²) in [6.45, 7) is 0.866. The number of nitrogens with one attached hydrogen (secondary N) is 2. The molecule has 16 heavy (non-hydrogen) atoms. The van der Waals surface area contributed by atoms with E-state index >= 15 is 0 Å². The van der Waals surface area contributed by atoms with Gasteiger partial charge in [0.15, 0.2) is 0 Å². The van der Waals surface area contributed by atoms with E-state index in [9.17, 15) is 4.79 Å². The topological polar surface area (TPSA) is 41.1 Å². The van der Waals surface area contributed by atoms with Crippen molar-refractivity contribution in [1.82, 2.24) is 5.32 Å².